The van der Waals surface area contributed by atoms with Crippen LogP contribution in [-0.2, 0) is 11.3 Å². The van der Waals surface area contributed by atoms with Crippen LogP contribution >= 0.6 is 0 Å². The summed E-state index contributed by atoms with van der Waals surface area (Å²) >= 11 is 0. The fraction of sp³-hybridized carbons (Fsp3) is 0.333. The maximum absolute atomic E-state index is 13.4. The third-order valence-electron chi connectivity index (χ3n) is 6.23. The van der Waals surface area contributed by atoms with Gasteiger partial charge in [0.15, 0.2) is 0 Å². The Balaban J connectivity index is 1.39. The molecule has 0 spiro atoms. The quantitative estimate of drug-likeness (QED) is 0.659. The molecule has 3 aromatic rings. The number of hydrazone groups is 1. The second-order valence-corrected chi connectivity index (χ2v) is 8.16. The summed E-state index contributed by atoms with van der Waals surface area (Å²) in [5, 5.41) is 6.39. The zero-order chi connectivity index (χ0) is 20.7. The van der Waals surface area contributed by atoms with E-state index in [-0.39, 0.29) is 18.0 Å². The molecule has 1 amide bonds. The van der Waals surface area contributed by atoms with E-state index in [1.54, 1.807) is 11.3 Å². The molecule has 0 N–H and O–H groups in total. The van der Waals surface area contributed by atoms with E-state index in [0.717, 1.165) is 30.1 Å². The number of aryl methyl sites for hydroxylation is 1. The summed E-state index contributed by atoms with van der Waals surface area (Å²) in [6.07, 6.45) is 4.42. The second kappa shape index (κ2) is 7.61. The molecule has 0 bridgehead atoms. The summed E-state index contributed by atoms with van der Waals surface area (Å²) < 4.78 is 7.93. The van der Waals surface area contributed by atoms with Gasteiger partial charge in [-0.1, -0.05) is 29.8 Å². The van der Waals surface area contributed by atoms with Crippen molar-refractivity contribution in [3.8, 4) is 0 Å². The van der Waals surface area contributed by atoms with Gasteiger partial charge in [-0.25, -0.2) is 5.01 Å². The zero-order valence-electron chi connectivity index (χ0n) is 17.4. The Morgan fingerprint density at radius 3 is 2.73 bits per heavy atom. The Labute approximate surface area is 176 Å². The van der Waals surface area contributed by atoms with E-state index in [9.17, 15) is 4.79 Å². The lowest BCUT2D eigenvalue weighted by molar-refractivity contribution is -0.135. The van der Waals surface area contributed by atoms with Gasteiger partial charge in [-0.15, -0.1) is 0 Å². The number of hydrogen-bond donors (Lipinski definition) is 0. The van der Waals surface area contributed by atoms with Crippen LogP contribution in [0.3, 0.4) is 0 Å². The van der Waals surface area contributed by atoms with Crippen LogP contribution in [0.5, 0.6) is 0 Å². The van der Waals surface area contributed by atoms with Crippen molar-refractivity contribution in [1.29, 1.82) is 0 Å². The molecule has 2 aliphatic heterocycles. The van der Waals surface area contributed by atoms with Crippen LogP contribution in [0.4, 0.5) is 0 Å². The maximum Gasteiger partial charge on any atom is 0.257 e. The van der Waals surface area contributed by atoms with Crippen molar-refractivity contribution in [2.24, 2.45) is 5.10 Å². The fourth-order valence-electron chi connectivity index (χ4n) is 4.45. The number of aromatic nitrogens is 1. The Morgan fingerprint density at radius 1 is 1.13 bits per heavy atom. The van der Waals surface area contributed by atoms with E-state index in [0.29, 0.717) is 13.0 Å². The summed E-state index contributed by atoms with van der Waals surface area (Å²) in [6, 6.07) is 16.3. The van der Waals surface area contributed by atoms with Gasteiger partial charge in [0.25, 0.3) is 5.91 Å². The number of fused-ring (bicyclic) bond motifs is 1. The van der Waals surface area contributed by atoms with Crippen molar-refractivity contribution >= 4 is 11.6 Å². The van der Waals surface area contributed by atoms with Gasteiger partial charge in [0.05, 0.1) is 18.5 Å². The van der Waals surface area contributed by atoms with Crippen LogP contribution in [0.15, 0.2) is 70.5 Å². The van der Waals surface area contributed by atoms with Gasteiger partial charge in [-0.3, -0.25) is 9.69 Å². The largest absolute Gasteiger partial charge is 0.467 e. The molecule has 2 aliphatic rings. The van der Waals surface area contributed by atoms with Crippen LogP contribution in [-0.4, -0.2) is 39.2 Å². The molecule has 4 heterocycles. The molecular formula is C24H26N4O2. The van der Waals surface area contributed by atoms with Gasteiger partial charge >= 0.3 is 0 Å². The van der Waals surface area contributed by atoms with Crippen molar-refractivity contribution < 1.29 is 9.21 Å². The summed E-state index contributed by atoms with van der Waals surface area (Å²) in [7, 11) is 0. The molecule has 0 radical (unpaired) electrons. The molecule has 6 nitrogen and oxygen atoms in total. The Kier molecular flexibility index (Phi) is 4.79. The minimum Gasteiger partial charge on any atom is -0.467 e. The molecule has 0 saturated heterocycles. The Bertz CT molecular complexity index is 1070. The molecular weight excluding hydrogens is 376 g/mol. The predicted octanol–water partition coefficient (Wildman–Crippen LogP) is 4.14. The first-order chi connectivity index (χ1) is 14.6. The van der Waals surface area contributed by atoms with Gasteiger partial charge in [-0.05, 0) is 43.7 Å². The van der Waals surface area contributed by atoms with Crippen molar-refractivity contribution in [2.75, 3.05) is 13.1 Å². The van der Waals surface area contributed by atoms with Crippen LogP contribution in [0.2, 0.25) is 0 Å². The maximum atomic E-state index is 13.4. The van der Waals surface area contributed by atoms with Gasteiger partial charge in [0, 0.05) is 37.4 Å². The van der Waals surface area contributed by atoms with E-state index in [2.05, 4.69) is 65.9 Å². The number of amides is 1. The molecule has 6 heteroatoms. The van der Waals surface area contributed by atoms with Crippen molar-refractivity contribution in [3.05, 3.63) is 83.6 Å². The summed E-state index contributed by atoms with van der Waals surface area (Å²) in [6.45, 7) is 6.32. The minimum atomic E-state index is -0.201. The first kappa shape index (κ1) is 18.9. The molecule has 2 unspecified atom stereocenters. The molecule has 5 rings (SSSR count). The van der Waals surface area contributed by atoms with Gasteiger partial charge in [0.1, 0.15) is 11.8 Å². The number of carbonyl (C=O) groups excluding carboxylic acids is 1. The monoisotopic (exact) mass is 402 g/mol. The fourth-order valence-corrected chi connectivity index (χ4v) is 4.45. The molecule has 0 saturated carbocycles. The SMILES string of the molecule is Cc1ccc(C2=NN(C(=O)CN3CCn4cccc4C3C)C(c3ccco3)C2)cc1. The zero-order valence-corrected chi connectivity index (χ0v) is 17.4. The van der Waals surface area contributed by atoms with Crippen LogP contribution < -0.4 is 0 Å². The van der Waals surface area contributed by atoms with Crippen molar-refractivity contribution in [1.82, 2.24) is 14.5 Å². The van der Waals surface area contributed by atoms with E-state index in [1.807, 2.05) is 12.1 Å². The third-order valence-corrected chi connectivity index (χ3v) is 6.23. The topological polar surface area (TPSA) is 54.0 Å². The first-order valence-electron chi connectivity index (χ1n) is 10.5. The molecule has 2 atom stereocenters. The average molecular weight is 402 g/mol. The highest BCUT2D eigenvalue weighted by atomic mass is 16.3. The Hall–Kier alpha value is -3.12. The van der Waals surface area contributed by atoms with E-state index >= 15 is 0 Å². The van der Waals surface area contributed by atoms with Crippen LogP contribution in [0, 0.1) is 6.92 Å². The lowest BCUT2D eigenvalue weighted by Gasteiger charge is -2.35. The number of rotatable bonds is 4. The average Bonchev–Trinajstić information content (AvgIpc) is 3.50. The summed E-state index contributed by atoms with van der Waals surface area (Å²) in [4.78, 5) is 15.6. The van der Waals surface area contributed by atoms with E-state index < -0.39 is 0 Å². The third kappa shape index (κ3) is 3.37. The smallest absolute Gasteiger partial charge is 0.257 e. The summed E-state index contributed by atoms with van der Waals surface area (Å²) in [5.41, 5.74) is 4.43. The lowest BCUT2D eigenvalue weighted by atomic mass is 10.0. The van der Waals surface area contributed by atoms with E-state index in [1.165, 1.54) is 11.3 Å². The number of furan rings is 1. The number of nitrogens with zero attached hydrogens (tertiary/aromatic N) is 4. The highest BCUT2D eigenvalue weighted by Gasteiger charge is 2.36. The predicted molar refractivity (Wildman–Crippen MR) is 115 cm³/mol. The van der Waals surface area contributed by atoms with Crippen molar-refractivity contribution in [2.45, 2.75) is 38.9 Å². The standard InChI is InChI=1S/C24H26N4O2/c1-17-7-9-19(10-8-17)20-15-22(23-6-4-14-30-23)28(25-20)24(29)16-27-13-12-26-11-3-5-21(26)18(27)2/h3-11,14,18,22H,12-13,15-16H2,1-2H3. The number of hydrogen-bond acceptors (Lipinski definition) is 4. The number of carbonyl (C=O) groups is 1. The van der Waals surface area contributed by atoms with Crippen LogP contribution in [0.25, 0.3) is 0 Å². The lowest BCUT2D eigenvalue weighted by Crippen LogP contribution is -2.43. The molecule has 30 heavy (non-hydrogen) atoms. The summed E-state index contributed by atoms with van der Waals surface area (Å²) in [5.74, 6) is 0.778. The van der Waals surface area contributed by atoms with Gasteiger partial charge in [-0.2, -0.15) is 5.10 Å². The van der Waals surface area contributed by atoms with Gasteiger partial charge in [0.2, 0.25) is 0 Å². The normalized spacial score (nSPS) is 21.5. The second-order valence-electron chi connectivity index (χ2n) is 8.16. The Morgan fingerprint density at radius 2 is 1.97 bits per heavy atom. The molecule has 2 aromatic heterocycles. The van der Waals surface area contributed by atoms with Gasteiger partial charge < -0.3 is 8.98 Å². The minimum absolute atomic E-state index is 0.00497. The van der Waals surface area contributed by atoms with Crippen molar-refractivity contribution in [3.63, 3.8) is 0 Å². The molecule has 1 aromatic carbocycles. The molecule has 0 aliphatic carbocycles. The highest BCUT2D eigenvalue weighted by molar-refractivity contribution is 6.03. The highest BCUT2D eigenvalue weighted by Crippen LogP contribution is 2.34. The first-order valence-corrected chi connectivity index (χ1v) is 10.5. The number of benzene rings is 1. The van der Waals surface area contributed by atoms with Crippen LogP contribution in [0.1, 0.15) is 48.0 Å². The molecule has 0 fully saturated rings. The van der Waals surface area contributed by atoms with E-state index in [4.69, 9.17) is 9.52 Å². The molecule has 154 valence electrons.